The van der Waals surface area contributed by atoms with Gasteiger partial charge in [-0.05, 0) is 42.5 Å². The average molecular weight is 391 g/mol. The molecule has 0 aliphatic carbocycles. The highest BCUT2D eigenvalue weighted by Gasteiger charge is 2.18. The van der Waals surface area contributed by atoms with E-state index in [1.807, 2.05) is 0 Å². The summed E-state index contributed by atoms with van der Waals surface area (Å²) in [6.07, 6.45) is 0.921. The van der Waals surface area contributed by atoms with Gasteiger partial charge in [-0.3, -0.25) is 0 Å². The Morgan fingerprint density at radius 3 is 2.08 bits per heavy atom. The van der Waals surface area contributed by atoms with Crippen LogP contribution in [0, 0.1) is 0 Å². The zero-order valence-corrected chi connectivity index (χ0v) is 14.5. The number of sulfone groups is 1. The number of carbonyl (C=O) groups is 1. The number of hydrogen-bond acceptors (Lipinski definition) is 6. The van der Waals surface area contributed by atoms with Gasteiger partial charge in [-0.2, -0.15) is 0 Å². The highest BCUT2D eigenvalue weighted by Crippen LogP contribution is 2.30. The van der Waals surface area contributed by atoms with E-state index in [2.05, 4.69) is 0 Å². The van der Waals surface area contributed by atoms with Crippen molar-refractivity contribution in [3.63, 3.8) is 0 Å². The molecule has 0 aliphatic heterocycles. The minimum atomic E-state index is -3.88. The fraction of sp³-hybridized carbons (Fsp3) is 0.0714. The molecule has 2 aromatic carbocycles. The van der Waals surface area contributed by atoms with Gasteiger partial charge in [0.1, 0.15) is 16.4 Å². The van der Waals surface area contributed by atoms with E-state index in [9.17, 15) is 21.6 Å². The lowest BCUT2D eigenvalue weighted by molar-refractivity contribution is 0.0696. The summed E-state index contributed by atoms with van der Waals surface area (Å²) in [5, 5.41) is 8.96. The van der Waals surface area contributed by atoms with Crippen molar-refractivity contribution in [2.45, 2.75) is 9.79 Å². The van der Waals surface area contributed by atoms with Gasteiger partial charge in [0.25, 0.3) is 9.05 Å². The predicted octanol–water partition coefficient (Wildman–Crippen LogP) is 2.51. The molecule has 0 atom stereocenters. The first-order chi connectivity index (χ1) is 11.0. The number of aromatic carboxylic acids is 1. The van der Waals surface area contributed by atoms with E-state index >= 15 is 0 Å². The number of ether oxygens (including phenoxy) is 1. The summed E-state index contributed by atoms with van der Waals surface area (Å²) < 4.78 is 51.5. The maximum Gasteiger partial charge on any atom is 0.335 e. The molecule has 0 amide bonds. The smallest absolute Gasteiger partial charge is 0.335 e. The van der Waals surface area contributed by atoms with Crippen molar-refractivity contribution in [1.29, 1.82) is 0 Å². The van der Waals surface area contributed by atoms with Gasteiger partial charge < -0.3 is 9.84 Å². The third-order valence-corrected chi connectivity index (χ3v) is 5.41. The first-order valence-corrected chi connectivity index (χ1v) is 10.5. The van der Waals surface area contributed by atoms with Crippen LogP contribution in [-0.2, 0) is 18.9 Å². The highest BCUT2D eigenvalue weighted by molar-refractivity contribution is 8.13. The summed E-state index contributed by atoms with van der Waals surface area (Å²) in [5.74, 6) is -1.20. The molecule has 0 aromatic heterocycles. The molecule has 0 aliphatic rings. The monoisotopic (exact) mass is 390 g/mol. The van der Waals surface area contributed by atoms with E-state index < -0.39 is 24.9 Å². The summed E-state index contributed by atoms with van der Waals surface area (Å²) in [6, 6.07) is 8.40. The van der Waals surface area contributed by atoms with Crippen LogP contribution in [-0.4, -0.2) is 34.2 Å². The van der Waals surface area contributed by atoms with Gasteiger partial charge in [0.15, 0.2) is 9.84 Å². The van der Waals surface area contributed by atoms with E-state index in [4.69, 9.17) is 20.5 Å². The molecule has 24 heavy (non-hydrogen) atoms. The molecule has 2 aromatic rings. The second-order valence-corrected chi connectivity index (χ2v) is 9.30. The number of rotatable bonds is 5. The molecule has 0 radical (unpaired) electrons. The summed E-state index contributed by atoms with van der Waals surface area (Å²) in [4.78, 5) is 10.5. The zero-order chi connectivity index (χ0) is 18.1. The van der Waals surface area contributed by atoms with E-state index in [1.165, 1.54) is 36.4 Å². The van der Waals surface area contributed by atoms with Gasteiger partial charge in [-0.25, -0.2) is 21.6 Å². The van der Waals surface area contributed by atoms with Crippen molar-refractivity contribution in [1.82, 2.24) is 0 Å². The van der Waals surface area contributed by atoms with Crippen LogP contribution in [0.15, 0.2) is 52.3 Å². The van der Waals surface area contributed by atoms with Crippen molar-refractivity contribution in [3.05, 3.63) is 48.0 Å². The van der Waals surface area contributed by atoms with E-state index in [-0.39, 0.29) is 26.9 Å². The Kier molecular flexibility index (Phi) is 4.88. The number of carboxylic acid groups (broad SMARTS) is 1. The summed E-state index contributed by atoms with van der Waals surface area (Å²) in [5.41, 5.74) is -0.202. The molecule has 10 heteroatoms. The van der Waals surface area contributed by atoms with Gasteiger partial charge in [0, 0.05) is 16.9 Å². The molecule has 0 saturated carbocycles. The van der Waals surface area contributed by atoms with Gasteiger partial charge in [-0.1, -0.05) is 0 Å². The standard InChI is InChI=1S/C14H11ClO7S2/c1-23(18,19)13-8-9(14(16)17)2-7-12(13)22-10-3-5-11(6-4-10)24(15,20)21/h2-8H,1H3,(H,16,17). The Labute approximate surface area is 142 Å². The minimum Gasteiger partial charge on any atom is -0.478 e. The van der Waals surface area contributed by atoms with Crippen LogP contribution in [0.2, 0.25) is 0 Å². The molecule has 0 saturated heterocycles. The lowest BCUT2D eigenvalue weighted by Gasteiger charge is -2.11. The van der Waals surface area contributed by atoms with Crippen molar-refractivity contribution < 1.29 is 31.5 Å². The third-order valence-electron chi connectivity index (χ3n) is 2.92. The van der Waals surface area contributed by atoms with Gasteiger partial charge in [0.05, 0.1) is 10.5 Å². The maximum atomic E-state index is 11.8. The maximum absolute atomic E-state index is 11.8. The number of halogens is 1. The van der Waals surface area contributed by atoms with E-state index in [1.54, 1.807) is 0 Å². The SMILES string of the molecule is CS(=O)(=O)c1cc(C(=O)O)ccc1Oc1ccc(S(=O)(=O)Cl)cc1. The summed E-state index contributed by atoms with van der Waals surface area (Å²) >= 11 is 0. The van der Waals surface area contributed by atoms with Crippen LogP contribution in [0.4, 0.5) is 0 Å². The Hall–Kier alpha value is -2.10. The number of hydrogen-bond donors (Lipinski definition) is 1. The zero-order valence-electron chi connectivity index (χ0n) is 12.1. The van der Waals surface area contributed by atoms with E-state index in [0.29, 0.717) is 0 Å². The van der Waals surface area contributed by atoms with Crippen LogP contribution < -0.4 is 4.74 Å². The van der Waals surface area contributed by atoms with Crippen molar-refractivity contribution >= 4 is 35.5 Å². The number of carboxylic acids is 1. The second-order valence-electron chi connectivity index (χ2n) is 4.75. The Morgan fingerprint density at radius 1 is 1.04 bits per heavy atom. The van der Waals surface area contributed by atoms with Crippen LogP contribution in [0.3, 0.4) is 0 Å². The molecule has 2 rings (SSSR count). The molecule has 7 nitrogen and oxygen atoms in total. The fourth-order valence-electron chi connectivity index (χ4n) is 1.81. The lowest BCUT2D eigenvalue weighted by atomic mass is 10.2. The van der Waals surface area contributed by atoms with Crippen LogP contribution in [0.25, 0.3) is 0 Å². The van der Waals surface area contributed by atoms with Crippen molar-refractivity contribution in [3.8, 4) is 11.5 Å². The number of benzene rings is 2. The first kappa shape index (κ1) is 18.2. The molecule has 1 N–H and O–H groups in total. The molecule has 0 unspecified atom stereocenters. The van der Waals surface area contributed by atoms with Crippen LogP contribution >= 0.6 is 10.7 Å². The van der Waals surface area contributed by atoms with Crippen LogP contribution in [0.1, 0.15) is 10.4 Å². The van der Waals surface area contributed by atoms with E-state index in [0.717, 1.165) is 12.3 Å². The second kappa shape index (κ2) is 6.42. The topological polar surface area (TPSA) is 115 Å². The minimum absolute atomic E-state index is 0.0796. The fourth-order valence-corrected chi connectivity index (χ4v) is 3.40. The van der Waals surface area contributed by atoms with Gasteiger partial charge >= 0.3 is 5.97 Å². The van der Waals surface area contributed by atoms with Gasteiger partial charge in [0.2, 0.25) is 0 Å². The largest absolute Gasteiger partial charge is 0.478 e. The molecule has 0 heterocycles. The third kappa shape index (κ3) is 4.25. The first-order valence-electron chi connectivity index (χ1n) is 6.28. The molecular weight excluding hydrogens is 380 g/mol. The average Bonchev–Trinajstić information content (AvgIpc) is 2.46. The Balaban J connectivity index is 2.44. The molecule has 0 fully saturated rings. The lowest BCUT2D eigenvalue weighted by Crippen LogP contribution is -2.04. The quantitative estimate of drug-likeness (QED) is 0.780. The molecule has 128 valence electrons. The Bertz CT molecular complexity index is 994. The van der Waals surface area contributed by atoms with Crippen molar-refractivity contribution in [2.24, 2.45) is 0 Å². The molecular formula is C14H11ClO7S2. The molecule has 0 spiro atoms. The highest BCUT2D eigenvalue weighted by atomic mass is 35.7. The van der Waals surface area contributed by atoms with Crippen LogP contribution in [0.5, 0.6) is 11.5 Å². The molecule has 0 bridgehead atoms. The van der Waals surface area contributed by atoms with Gasteiger partial charge in [-0.15, -0.1) is 0 Å². The summed E-state index contributed by atoms with van der Waals surface area (Å²) in [6.45, 7) is 0. The summed E-state index contributed by atoms with van der Waals surface area (Å²) in [7, 11) is -2.43. The predicted molar refractivity (Wildman–Crippen MR) is 86.1 cm³/mol. The Morgan fingerprint density at radius 2 is 1.62 bits per heavy atom. The van der Waals surface area contributed by atoms with Crippen molar-refractivity contribution in [2.75, 3.05) is 6.26 Å². The normalized spacial score (nSPS) is 11.9.